The van der Waals surface area contributed by atoms with E-state index >= 15 is 0 Å². The smallest absolute Gasteiger partial charge is 0.256 e. The van der Waals surface area contributed by atoms with E-state index in [0.717, 1.165) is 62.7 Å². The second kappa shape index (κ2) is 12.6. The van der Waals surface area contributed by atoms with Crippen LogP contribution in [0.4, 0.5) is 4.39 Å². The van der Waals surface area contributed by atoms with Crippen LogP contribution in [0.5, 0.6) is 0 Å². The monoisotopic (exact) mass is 642 g/mol. The predicted molar refractivity (Wildman–Crippen MR) is 183 cm³/mol. The number of hydrogen-bond acceptors (Lipinski definition) is 5. The number of fused-ring (bicyclic) bond motifs is 2. The van der Waals surface area contributed by atoms with E-state index in [9.17, 15) is 14.0 Å². The van der Waals surface area contributed by atoms with E-state index in [1.807, 2.05) is 31.1 Å². The summed E-state index contributed by atoms with van der Waals surface area (Å²) in [5, 5.41) is 1.19. The summed E-state index contributed by atoms with van der Waals surface area (Å²) in [6, 6.07) is 5.83. The first-order valence-electron chi connectivity index (χ1n) is 17.7. The lowest BCUT2D eigenvalue weighted by atomic mass is 9.75. The summed E-state index contributed by atoms with van der Waals surface area (Å²) in [5.74, 6) is 2.26. The summed E-state index contributed by atoms with van der Waals surface area (Å²) in [5.41, 5.74) is 4.39. The largest absolute Gasteiger partial charge is 0.342 e. The van der Waals surface area contributed by atoms with Crippen LogP contribution in [0.2, 0.25) is 0 Å². The average molecular weight is 643 g/mol. The molecule has 8 nitrogen and oxygen atoms in total. The molecule has 4 fully saturated rings. The van der Waals surface area contributed by atoms with Gasteiger partial charge in [0.25, 0.3) is 5.91 Å². The van der Waals surface area contributed by atoms with E-state index in [1.165, 1.54) is 42.3 Å². The fourth-order valence-corrected chi connectivity index (χ4v) is 9.02. The molecule has 252 valence electrons. The molecule has 4 aliphatic rings. The van der Waals surface area contributed by atoms with Crippen LogP contribution in [-0.2, 0) is 11.2 Å². The van der Waals surface area contributed by atoms with Gasteiger partial charge in [0.05, 0.1) is 23.0 Å². The number of carbonyl (C=O) groups is 2. The van der Waals surface area contributed by atoms with Gasteiger partial charge in [0.1, 0.15) is 5.82 Å². The molecule has 0 spiro atoms. The predicted octanol–water partition coefficient (Wildman–Crippen LogP) is 5.40. The number of nitrogens with zero attached hydrogens (tertiary/aromatic N) is 6. The van der Waals surface area contributed by atoms with Crippen molar-refractivity contribution >= 4 is 22.7 Å². The molecule has 3 saturated heterocycles. The molecule has 5 heterocycles. The lowest BCUT2D eigenvalue weighted by molar-refractivity contribution is -0.128. The second-order valence-corrected chi connectivity index (χ2v) is 15.4. The number of carbonyl (C=O) groups excluding carboxylic acids is 2. The first kappa shape index (κ1) is 32.3. The molecule has 1 saturated carbocycles. The van der Waals surface area contributed by atoms with E-state index < -0.39 is 5.82 Å². The van der Waals surface area contributed by atoms with Crippen molar-refractivity contribution < 1.29 is 14.0 Å². The van der Waals surface area contributed by atoms with E-state index in [2.05, 4.69) is 39.4 Å². The third kappa shape index (κ3) is 5.99. The summed E-state index contributed by atoms with van der Waals surface area (Å²) in [6.07, 6.45) is 10.7. The summed E-state index contributed by atoms with van der Waals surface area (Å²) in [6.45, 7) is 16.6. The summed E-state index contributed by atoms with van der Waals surface area (Å²) < 4.78 is 16.6. The van der Waals surface area contributed by atoms with Crippen molar-refractivity contribution in [3.8, 4) is 5.69 Å². The van der Waals surface area contributed by atoms with Crippen molar-refractivity contribution in [3.63, 3.8) is 0 Å². The molecule has 47 heavy (non-hydrogen) atoms. The Morgan fingerprint density at radius 1 is 1.04 bits per heavy atom. The fraction of sp³-hybridized carbons (Fsp3) is 0.605. The third-order valence-electron chi connectivity index (χ3n) is 12.2. The molecule has 7 rings (SSSR count). The van der Waals surface area contributed by atoms with Crippen molar-refractivity contribution in [2.45, 2.75) is 78.4 Å². The third-order valence-corrected chi connectivity index (χ3v) is 12.2. The van der Waals surface area contributed by atoms with Crippen LogP contribution in [0, 0.1) is 36.4 Å². The zero-order valence-corrected chi connectivity index (χ0v) is 29.0. The number of amides is 2. The van der Waals surface area contributed by atoms with Crippen LogP contribution in [-0.4, -0.2) is 105 Å². The van der Waals surface area contributed by atoms with Crippen LogP contribution in [0.25, 0.3) is 16.6 Å². The Hall–Kier alpha value is -3.30. The topological polar surface area (TPSA) is 64.9 Å². The highest BCUT2D eigenvalue weighted by Crippen LogP contribution is 2.42. The van der Waals surface area contributed by atoms with Crippen LogP contribution >= 0.6 is 0 Å². The summed E-state index contributed by atoms with van der Waals surface area (Å²) in [4.78, 5) is 39.0. The maximum Gasteiger partial charge on any atom is 0.256 e. The average Bonchev–Trinajstić information content (AvgIpc) is 3.79. The summed E-state index contributed by atoms with van der Waals surface area (Å²) in [7, 11) is 1.77. The van der Waals surface area contributed by atoms with E-state index in [0.29, 0.717) is 41.1 Å². The Bertz CT molecular complexity index is 1650. The molecule has 3 aliphatic heterocycles. The van der Waals surface area contributed by atoms with Crippen LogP contribution < -0.4 is 0 Å². The van der Waals surface area contributed by atoms with Gasteiger partial charge in [-0.2, -0.15) is 0 Å². The van der Waals surface area contributed by atoms with Gasteiger partial charge in [0, 0.05) is 82.6 Å². The SMILES string of the molecule is CC(=O)N1C[C@@H]2CN(C3CC(C(C)N4CC[C@@H](Cc5cn(-c6ccc(F)cc6C(=O)N(C)C(C)C)c6cncc(C)c56)C4)C3)C[C@H]2C1. The zero-order chi connectivity index (χ0) is 33.1. The molecule has 1 aromatic carbocycles. The first-order chi connectivity index (χ1) is 22.5. The Morgan fingerprint density at radius 3 is 2.45 bits per heavy atom. The summed E-state index contributed by atoms with van der Waals surface area (Å²) >= 11 is 0. The van der Waals surface area contributed by atoms with Crippen LogP contribution in [0.15, 0.2) is 36.8 Å². The Balaban J connectivity index is 1.02. The number of rotatable bonds is 8. The number of benzene rings is 1. The minimum absolute atomic E-state index is 0.00182. The van der Waals surface area contributed by atoms with Gasteiger partial charge < -0.3 is 19.3 Å². The van der Waals surface area contributed by atoms with Gasteiger partial charge in [0.15, 0.2) is 0 Å². The molecule has 2 amide bonds. The fourth-order valence-electron chi connectivity index (χ4n) is 9.02. The van der Waals surface area contributed by atoms with E-state index in [-0.39, 0.29) is 17.9 Å². The van der Waals surface area contributed by atoms with Gasteiger partial charge in [-0.1, -0.05) is 0 Å². The molecule has 0 bridgehead atoms. The maximum absolute atomic E-state index is 14.5. The Morgan fingerprint density at radius 2 is 1.77 bits per heavy atom. The van der Waals surface area contributed by atoms with Crippen molar-refractivity contribution in [1.29, 1.82) is 0 Å². The van der Waals surface area contributed by atoms with E-state index in [1.54, 1.807) is 24.9 Å². The van der Waals surface area contributed by atoms with Crippen LogP contribution in [0.3, 0.4) is 0 Å². The molecule has 4 atom stereocenters. The Kier molecular flexibility index (Phi) is 8.66. The van der Waals surface area contributed by atoms with Crippen molar-refractivity contribution in [2.24, 2.45) is 23.7 Å². The van der Waals surface area contributed by atoms with Crippen LogP contribution in [0.1, 0.15) is 68.4 Å². The minimum atomic E-state index is -0.415. The highest BCUT2D eigenvalue weighted by atomic mass is 19.1. The lowest BCUT2D eigenvalue weighted by Gasteiger charge is -2.46. The molecular weight excluding hydrogens is 591 g/mol. The molecule has 0 radical (unpaired) electrons. The quantitative estimate of drug-likeness (QED) is 0.330. The van der Waals surface area contributed by atoms with E-state index in [4.69, 9.17) is 0 Å². The number of aromatic nitrogens is 2. The maximum atomic E-state index is 14.5. The van der Waals surface area contributed by atoms with Crippen molar-refractivity contribution in [2.75, 3.05) is 46.3 Å². The highest BCUT2D eigenvalue weighted by Gasteiger charge is 2.47. The first-order valence-corrected chi connectivity index (χ1v) is 17.7. The molecular formula is C38H51FN6O2. The molecule has 9 heteroatoms. The molecule has 3 aromatic rings. The minimum Gasteiger partial charge on any atom is -0.342 e. The van der Waals surface area contributed by atoms with Gasteiger partial charge in [-0.05, 0) is 113 Å². The van der Waals surface area contributed by atoms with Crippen molar-refractivity contribution in [1.82, 2.24) is 29.2 Å². The van der Waals surface area contributed by atoms with Crippen molar-refractivity contribution in [3.05, 3.63) is 59.3 Å². The van der Waals surface area contributed by atoms with Gasteiger partial charge in [-0.15, -0.1) is 0 Å². The Labute approximate surface area is 278 Å². The number of pyridine rings is 1. The normalized spacial score (nSPS) is 27.1. The number of likely N-dealkylation sites (tertiary alicyclic amines) is 3. The number of halogens is 1. The lowest BCUT2D eigenvalue weighted by Crippen LogP contribution is -2.51. The molecule has 1 aliphatic carbocycles. The number of aryl methyl sites for hydroxylation is 1. The van der Waals surface area contributed by atoms with Gasteiger partial charge in [0.2, 0.25) is 5.91 Å². The zero-order valence-electron chi connectivity index (χ0n) is 29.0. The molecule has 2 aromatic heterocycles. The van der Waals surface area contributed by atoms with Gasteiger partial charge >= 0.3 is 0 Å². The highest BCUT2D eigenvalue weighted by molar-refractivity contribution is 5.99. The second-order valence-electron chi connectivity index (χ2n) is 15.4. The number of hydrogen-bond donors (Lipinski definition) is 0. The molecule has 0 N–H and O–H groups in total. The van der Waals surface area contributed by atoms with Gasteiger partial charge in [-0.3, -0.25) is 19.5 Å². The van der Waals surface area contributed by atoms with Gasteiger partial charge in [-0.25, -0.2) is 4.39 Å². The molecule has 1 unspecified atom stereocenters. The standard InChI is InChI=1S/C38H51FN6O2/c1-23(2)41(6)38(47)34-14-32(39)7-8-35(34)45-22-29(37-24(3)15-40-16-36(37)45)11-27-9-10-42(17-27)25(4)28-12-33(13-28)44-20-30-18-43(26(5)46)19-31(30)21-44/h7-8,14-16,22-23,25,27-28,30-31,33H,9-13,17-21H2,1-6H3/t25?,27-,28?,30+,31+,33?/m0/s1.